The predicted octanol–water partition coefficient (Wildman–Crippen LogP) is 1.000. The zero-order valence-electron chi connectivity index (χ0n) is 8.30. The number of benzene rings is 1. The van der Waals surface area contributed by atoms with Crippen LogP contribution in [0.2, 0.25) is 0 Å². The second-order valence-corrected chi connectivity index (χ2v) is 3.53. The smallest absolute Gasteiger partial charge is 0.410 e. The first-order chi connectivity index (χ1) is 7.31. The molecule has 1 aromatic rings. The van der Waals surface area contributed by atoms with Crippen molar-refractivity contribution < 1.29 is 14.6 Å². The number of amides is 1. The van der Waals surface area contributed by atoms with Crippen LogP contribution in [0.5, 0.6) is 0 Å². The normalized spacial score (nSPS) is 20.5. The number of hydrogen-bond donors (Lipinski definition) is 1. The zero-order valence-corrected chi connectivity index (χ0v) is 8.30. The third-order valence-electron chi connectivity index (χ3n) is 2.48. The maximum atomic E-state index is 11.3. The molecule has 0 aliphatic carbocycles. The maximum absolute atomic E-state index is 11.3. The van der Waals surface area contributed by atoms with E-state index < -0.39 is 0 Å². The summed E-state index contributed by atoms with van der Waals surface area (Å²) in [6, 6.07) is 9.45. The topological polar surface area (TPSA) is 49.8 Å². The lowest BCUT2D eigenvalue weighted by Crippen LogP contribution is -2.35. The van der Waals surface area contributed by atoms with Gasteiger partial charge in [0.15, 0.2) is 0 Å². The molecule has 1 aliphatic heterocycles. The average molecular weight is 207 g/mol. The minimum atomic E-state index is -0.349. The van der Waals surface area contributed by atoms with Crippen LogP contribution >= 0.6 is 0 Å². The van der Waals surface area contributed by atoms with Crippen LogP contribution in [0.3, 0.4) is 0 Å². The van der Waals surface area contributed by atoms with Crippen molar-refractivity contribution in [3.05, 3.63) is 35.9 Å². The van der Waals surface area contributed by atoms with Gasteiger partial charge in [-0.15, -0.1) is 0 Å². The van der Waals surface area contributed by atoms with E-state index >= 15 is 0 Å². The number of carbonyl (C=O) groups excluding carboxylic acids is 1. The summed E-state index contributed by atoms with van der Waals surface area (Å²) in [6.45, 7) is 0.714. The van der Waals surface area contributed by atoms with Gasteiger partial charge in [0.2, 0.25) is 0 Å². The number of hydrogen-bond acceptors (Lipinski definition) is 3. The van der Waals surface area contributed by atoms with E-state index in [-0.39, 0.29) is 25.3 Å². The Morgan fingerprint density at radius 1 is 1.40 bits per heavy atom. The molecule has 4 heteroatoms. The van der Waals surface area contributed by atoms with Crippen molar-refractivity contribution in [2.45, 2.75) is 12.6 Å². The molecule has 0 unspecified atom stereocenters. The largest absolute Gasteiger partial charge is 0.447 e. The highest BCUT2D eigenvalue weighted by atomic mass is 16.6. The Morgan fingerprint density at radius 3 is 2.80 bits per heavy atom. The number of nitrogens with zero attached hydrogens (tertiary/aromatic N) is 1. The Hall–Kier alpha value is -1.55. The van der Waals surface area contributed by atoms with Gasteiger partial charge in [-0.05, 0) is 5.56 Å². The fourth-order valence-electron chi connectivity index (χ4n) is 1.61. The van der Waals surface area contributed by atoms with Crippen molar-refractivity contribution in [2.24, 2.45) is 0 Å². The van der Waals surface area contributed by atoms with E-state index in [1.54, 1.807) is 4.90 Å². The van der Waals surface area contributed by atoms with Crippen LogP contribution in [0.15, 0.2) is 30.3 Å². The van der Waals surface area contributed by atoms with Gasteiger partial charge in [-0.1, -0.05) is 30.3 Å². The van der Waals surface area contributed by atoms with Crippen LogP contribution in [0.4, 0.5) is 4.79 Å². The highest BCUT2D eigenvalue weighted by Gasteiger charge is 2.31. The van der Waals surface area contributed by atoms with E-state index in [0.717, 1.165) is 5.56 Å². The molecule has 1 amide bonds. The molecule has 1 fully saturated rings. The summed E-state index contributed by atoms with van der Waals surface area (Å²) in [5, 5.41) is 9.06. The van der Waals surface area contributed by atoms with Gasteiger partial charge in [0.25, 0.3) is 0 Å². The molecule has 80 valence electrons. The fraction of sp³-hybridized carbons (Fsp3) is 0.364. The maximum Gasteiger partial charge on any atom is 0.410 e. The quantitative estimate of drug-likeness (QED) is 0.804. The highest BCUT2D eigenvalue weighted by Crippen LogP contribution is 2.15. The van der Waals surface area contributed by atoms with E-state index in [9.17, 15) is 4.79 Å². The molecule has 1 aliphatic rings. The van der Waals surface area contributed by atoms with Crippen LogP contribution in [-0.2, 0) is 11.3 Å². The van der Waals surface area contributed by atoms with E-state index in [2.05, 4.69) is 0 Å². The standard InChI is InChI=1S/C11H13NO3/c13-7-10-8-15-11(14)12(10)6-9-4-2-1-3-5-9/h1-5,10,13H,6-8H2/t10-/m1/s1. The molecule has 2 rings (SSSR count). The Kier molecular flexibility index (Phi) is 2.87. The first kappa shape index (κ1) is 9.98. The molecule has 1 aromatic carbocycles. The molecule has 15 heavy (non-hydrogen) atoms. The molecule has 0 aromatic heterocycles. The third-order valence-corrected chi connectivity index (χ3v) is 2.48. The van der Waals surface area contributed by atoms with Crippen molar-refractivity contribution in [2.75, 3.05) is 13.2 Å². The Bertz CT molecular complexity index is 339. The average Bonchev–Trinajstić information content (AvgIpc) is 2.62. The van der Waals surface area contributed by atoms with Crippen LogP contribution in [-0.4, -0.2) is 35.4 Å². The van der Waals surface area contributed by atoms with Gasteiger partial charge in [-0.2, -0.15) is 0 Å². The number of aliphatic hydroxyl groups is 1. The lowest BCUT2D eigenvalue weighted by molar-refractivity contribution is 0.151. The molecule has 1 saturated heterocycles. The second-order valence-electron chi connectivity index (χ2n) is 3.53. The second kappa shape index (κ2) is 4.31. The van der Waals surface area contributed by atoms with Crippen molar-refractivity contribution >= 4 is 6.09 Å². The monoisotopic (exact) mass is 207 g/mol. The highest BCUT2D eigenvalue weighted by molar-refractivity contribution is 5.70. The molecular formula is C11H13NO3. The number of aliphatic hydroxyl groups excluding tert-OH is 1. The van der Waals surface area contributed by atoms with Crippen molar-refractivity contribution in [3.63, 3.8) is 0 Å². The molecule has 0 bridgehead atoms. The number of carbonyl (C=O) groups is 1. The summed E-state index contributed by atoms with van der Waals surface area (Å²) in [7, 11) is 0. The van der Waals surface area contributed by atoms with Crippen LogP contribution in [0.25, 0.3) is 0 Å². The number of rotatable bonds is 3. The van der Waals surface area contributed by atoms with Crippen molar-refractivity contribution in [1.29, 1.82) is 0 Å². The number of ether oxygens (including phenoxy) is 1. The molecule has 0 radical (unpaired) electrons. The van der Waals surface area contributed by atoms with Gasteiger partial charge in [0.05, 0.1) is 12.6 Å². The van der Waals surface area contributed by atoms with Gasteiger partial charge in [-0.3, -0.25) is 4.90 Å². The van der Waals surface area contributed by atoms with E-state index in [4.69, 9.17) is 9.84 Å². The minimum absolute atomic E-state index is 0.0570. The van der Waals surface area contributed by atoms with E-state index in [0.29, 0.717) is 6.54 Å². The number of cyclic esters (lactones) is 1. The molecule has 0 spiro atoms. The van der Waals surface area contributed by atoms with Gasteiger partial charge < -0.3 is 9.84 Å². The van der Waals surface area contributed by atoms with Crippen molar-refractivity contribution in [1.82, 2.24) is 4.90 Å². The van der Waals surface area contributed by atoms with E-state index in [1.165, 1.54) is 0 Å². The lowest BCUT2D eigenvalue weighted by atomic mass is 10.2. The van der Waals surface area contributed by atoms with Crippen molar-refractivity contribution in [3.8, 4) is 0 Å². The predicted molar refractivity (Wildman–Crippen MR) is 54.2 cm³/mol. The SMILES string of the molecule is O=C1OC[C@@H](CO)N1Cc1ccccc1. The summed E-state index contributed by atoms with van der Waals surface area (Å²) < 4.78 is 4.87. The van der Waals surface area contributed by atoms with Gasteiger partial charge in [0, 0.05) is 6.54 Å². The molecule has 1 heterocycles. The van der Waals surface area contributed by atoms with Gasteiger partial charge >= 0.3 is 6.09 Å². The molecule has 4 nitrogen and oxygen atoms in total. The van der Waals surface area contributed by atoms with Gasteiger partial charge in [0.1, 0.15) is 6.61 Å². The minimum Gasteiger partial charge on any atom is -0.447 e. The summed E-state index contributed by atoms with van der Waals surface area (Å²) in [5.41, 5.74) is 1.04. The molecule has 1 N–H and O–H groups in total. The fourth-order valence-corrected chi connectivity index (χ4v) is 1.61. The van der Waals surface area contributed by atoms with Gasteiger partial charge in [-0.25, -0.2) is 4.79 Å². The van der Waals surface area contributed by atoms with Crippen LogP contribution < -0.4 is 0 Å². The lowest BCUT2D eigenvalue weighted by Gasteiger charge is -2.19. The molecule has 0 saturated carbocycles. The molecular weight excluding hydrogens is 194 g/mol. The molecule has 1 atom stereocenters. The zero-order chi connectivity index (χ0) is 10.7. The summed E-state index contributed by atoms with van der Waals surface area (Å²) in [5.74, 6) is 0. The van der Waals surface area contributed by atoms with Crippen LogP contribution in [0.1, 0.15) is 5.56 Å². The Labute approximate surface area is 88.1 Å². The van der Waals surface area contributed by atoms with E-state index in [1.807, 2.05) is 30.3 Å². The third kappa shape index (κ3) is 2.10. The Balaban J connectivity index is 2.07. The summed E-state index contributed by atoms with van der Waals surface area (Å²) in [6.07, 6.45) is -0.349. The first-order valence-electron chi connectivity index (χ1n) is 4.89. The Morgan fingerprint density at radius 2 is 2.13 bits per heavy atom. The first-order valence-corrected chi connectivity index (χ1v) is 4.89. The summed E-state index contributed by atoms with van der Waals surface area (Å²) in [4.78, 5) is 12.9. The van der Waals surface area contributed by atoms with Crippen LogP contribution in [0, 0.1) is 0 Å². The summed E-state index contributed by atoms with van der Waals surface area (Å²) >= 11 is 0.